The quantitative estimate of drug-likeness (QED) is 0.831. The largest absolute Gasteiger partial charge is 0.492 e. The molecule has 0 aliphatic carbocycles. The molecule has 2 N–H and O–H groups in total. The summed E-state index contributed by atoms with van der Waals surface area (Å²) in [6, 6.07) is 6.47. The van der Waals surface area contributed by atoms with Crippen LogP contribution < -0.4 is 15.4 Å². The number of benzene rings is 1. The van der Waals surface area contributed by atoms with Crippen LogP contribution >= 0.6 is 11.6 Å². The van der Waals surface area contributed by atoms with Gasteiger partial charge in [0.05, 0.1) is 11.6 Å². The molecule has 0 spiro atoms. The second kappa shape index (κ2) is 6.86. The third-order valence-corrected chi connectivity index (χ3v) is 3.40. The number of halogens is 1. The lowest BCUT2D eigenvalue weighted by Crippen LogP contribution is -2.29. The number of hydrogen-bond donors (Lipinski definition) is 2. The van der Waals surface area contributed by atoms with Gasteiger partial charge in [0.25, 0.3) is 0 Å². The molecule has 0 bridgehead atoms. The number of hydrogen-bond acceptors (Lipinski definition) is 3. The van der Waals surface area contributed by atoms with Gasteiger partial charge in [-0.1, -0.05) is 18.5 Å². The molecule has 18 heavy (non-hydrogen) atoms. The molecule has 1 atom stereocenters. The van der Waals surface area contributed by atoms with Crippen molar-refractivity contribution in [3.05, 3.63) is 23.2 Å². The van der Waals surface area contributed by atoms with E-state index in [2.05, 4.69) is 17.6 Å². The van der Waals surface area contributed by atoms with Crippen LogP contribution in [-0.2, 0) is 0 Å². The summed E-state index contributed by atoms with van der Waals surface area (Å²) in [5.74, 6) is 0.767. The first kappa shape index (κ1) is 13.5. The average Bonchev–Trinajstić information content (AvgIpc) is 2.88. The number of ether oxygens (including phenoxy) is 1. The smallest absolute Gasteiger partial charge is 0.138 e. The normalized spacial score (nSPS) is 18.9. The molecular weight excluding hydrogens is 248 g/mol. The minimum Gasteiger partial charge on any atom is -0.492 e. The van der Waals surface area contributed by atoms with Crippen LogP contribution in [0.3, 0.4) is 0 Å². The predicted molar refractivity (Wildman–Crippen MR) is 76.8 cm³/mol. The van der Waals surface area contributed by atoms with Crippen LogP contribution in [0.5, 0.6) is 5.75 Å². The standard InChI is InChI=1S/C14H21ClN2O/c1-2-8-18-14-6-5-11(9-13(14)15)17-10-12-4-3-7-16-12/h5-6,9,12,16-17H,2-4,7-8,10H2,1H3. The van der Waals surface area contributed by atoms with Gasteiger partial charge in [-0.25, -0.2) is 0 Å². The first-order chi connectivity index (χ1) is 8.79. The Morgan fingerprint density at radius 1 is 1.50 bits per heavy atom. The summed E-state index contributed by atoms with van der Waals surface area (Å²) in [5.41, 5.74) is 1.05. The predicted octanol–water partition coefficient (Wildman–Crippen LogP) is 3.29. The van der Waals surface area contributed by atoms with Crippen molar-refractivity contribution in [3.8, 4) is 5.75 Å². The van der Waals surface area contributed by atoms with Gasteiger partial charge in [-0.3, -0.25) is 0 Å². The Hall–Kier alpha value is -0.930. The zero-order chi connectivity index (χ0) is 12.8. The molecule has 0 aromatic heterocycles. The molecule has 0 amide bonds. The zero-order valence-corrected chi connectivity index (χ0v) is 11.6. The summed E-state index contributed by atoms with van der Waals surface area (Å²) in [7, 11) is 0. The number of nitrogens with one attached hydrogen (secondary N) is 2. The molecule has 2 rings (SSSR count). The highest BCUT2D eigenvalue weighted by atomic mass is 35.5. The van der Waals surface area contributed by atoms with E-state index in [-0.39, 0.29) is 0 Å². The SMILES string of the molecule is CCCOc1ccc(NCC2CCCN2)cc1Cl. The van der Waals surface area contributed by atoms with Crippen LogP contribution in [0.15, 0.2) is 18.2 Å². The fourth-order valence-corrected chi connectivity index (χ4v) is 2.35. The molecule has 1 aromatic carbocycles. The van der Waals surface area contributed by atoms with E-state index in [1.807, 2.05) is 18.2 Å². The Kier molecular flexibility index (Phi) is 5.14. The van der Waals surface area contributed by atoms with Crippen LogP contribution in [0, 0.1) is 0 Å². The molecule has 1 heterocycles. The van der Waals surface area contributed by atoms with Crippen molar-refractivity contribution in [2.75, 3.05) is 25.0 Å². The van der Waals surface area contributed by atoms with Gasteiger partial charge in [0.15, 0.2) is 0 Å². The highest BCUT2D eigenvalue weighted by Gasteiger charge is 2.13. The Morgan fingerprint density at radius 2 is 2.39 bits per heavy atom. The second-order valence-corrected chi connectivity index (χ2v) is 5.08. The Bertz CT molecular complexity index is 378. The monoisotopic (exact) mass is 268 g/mol. The first-order valence-corrected chi connectivity index (χ1v) is 7.07. The zero-order valence-electron chi connectivity index (χ0n) is 10.8. The van der Waals surface area contributed by atoms with Crippen molar-refractivity contribution >= 4 is 17.3 Å². The van der Waals surface area contributed by atoms with E-state index in [1.165, 1.54) is 12.8 Å². The van der Waals surface area contributed by atoms with Gasteiger partial charge in [-0.15, -0.1) is 0 Å². The first-order valence-electron chi connectivity index (χ1n) is 6.69. The fourth-order valence-electron chi connectivity index (χ4n) is 2.11. The van der Waals surface area contributed by atoms with Crippen LogP contribution in [0.25, 0.3) is 0 Å². The lowest BCUT2D eigenvalue weighted by Gasteiger charge is -2.14. The Labute approximate surface area is 114 Å². The van der Waals surface area contributed by atoms with Crippen LogP contribution in [0.1, 0.15) is 26.2 Å². The second-order valence-electron chi connectivity index (χ2n) is 4.67. The molecule has 0 radical (unpaired) electrons. The number of rotatable bonds is 6. The van der Waals surface area contributed by atoms with Gasteiger partial charge in [0.1, 0.15) is 5.75 Å². The molecule has 1 saturated heterocycles. The third-order valence-electron chi connectivity index (χ3n) is 3.11. The maximum atomic E-state index is 6.18. The molecule has 4 heteroatoms. The average molecular weight is 269 g/mol. The van der Waals surface area contributed by atoms with E-state index >= 15 is 0 Å². The Morgan fingerprint density at radius 3 is 3.06 bits per heavy atom. The summed E-state index contributed by atoms with van der Waals surface area (Å²) in [6.07, 6.45) is 3.51. The molecule has 1 aromatic rings. The van der Waals surface area contributed by atoms with Gasteiger partial charge in [-0.2, -0.15) is 0 Å². The molecular formula is C14H21ClN2O. The maximum absolute atomic E-state index is 6.18. The molecule has 0 saturated carbocycles. The Balaban J connectivity index is 1.87. The topological polar surface area (TPSA) is 33.3 Å². The lowest BCUT2D eigenvalue weighted by molar-refractivity contribution is 0.317. The summed E-state index contributed by atoms with van der Waals surface area (Å²) >= 11 is 6.18. The molecule has 1 unspecified atom stereocenters. The van der Waals surface area contributed by atoms with Crippen molar-refractivity contribution in [1.29, 1.82) is 0 Å². The third kappa shape index (κ3) is 3.79. The van der Waals surface area contributed by atoms with Crippen molar-refractivity contribution in [1.82, 2.24) is 5.32 Å². The van der Waals surface area contributed by atoms with E-state index < -0.39 is 0 Å². The van der Waals surface area contributed by atoms with E-state index in [1.54, 1.807) is 0 Å². The van der Waals surface area contributed by atoms with Crippen LogP contribution in [-0.4, -0.2) is 25.7 Å². The fraction of sp³-hybridized carbons (Fsp3) is 0.571. The summed E-state index contributed by atoms with van der Waals surface area (Å²) in [4.78, 5) is 0. The summed E-state index contributed by atoms with van der Waals surface area (Å²) in [6.45, 7) is 4.87. The molecule has 1 fully saturated rings. The van der Waals surface area contributed by atoms with Gasteiger partial charge in [-0.05, 0) is 44.0 Å². The van der Waals surface area contributed by atoms with Crippen LogP contribution in [0.2, 0.25) is 5.02 Å². The molecule has 1 aliphatic heterocycles. The van der Waals surface area contributed by atoms with Crippen molar-refractivity contribution < 1.29 is 4.74 Å². The van der Waals surface area contributed by atoms with Gasteiger partial charge in [0, 0.05) is 18.3 Å². The van der Waals surface area contributed by atoms with E-state index in [9.17, 15) is 0 Å². The van der Waals surface area contributed by atoms with E-state index in [0.29, 0.717) is 17.7 Å². The van der Waals surface area contributed by atoms with Gasteiger partial charge in [0.2, 0.25) is 0 Å². The minimum absolute atomic E-state index is 0.583. The molecule has 100 valence electrons. The maximum Gasteiger partial charge on any atom is 0.138 e. The van der Waals surface area contributed by atoms with E-state index in [4.69, 9.17) is 16.3 Å². The van der Waals surface area contributed by atoms with Gasteiger partial charge >= 0.3 is 0 Å². The van der Waals surface area contributed by atoms with Gasteiger partial charge < -0.3 is 15.4 Å². The summed E-state index contributed by atoms with van der Waals surface area (Å²) in [5, 5.41) is 7.54. The van der Waals surface area contributed by atoms with E-state index in [0.717, 1.165) is 30.9 Å². The molecule has 1 aliphatic rings. The highest BCUT2D eigenvalue weighted by Crippen LogP contribution is 2.27. The van der Waals surface area contributed by atoms with Crippen molar-refractivity contribution in [2.45, 2.75) is 32.2 Å². The minimum atomic E-state index is 0.583. The van der Waals surface area contributed by atoms with Crippen molar-refractivity contribution in [3.63, 3.8) is 0 Å². The van der Waals surface area contributed by atoms with Crippen molar-refractivity contribution in [2.24, 2.45) is 0 Å². The summed E-state index contributed by atoms with van der Waals surface area (Å²) < 4.78 is 5.55. The van der Waals surface area contributed by atoms with Crippen LogP contribution in [0.4, 0.5) is 5.69 Å². The number of anilines is 1. The molecule has 3 nitrogen and oxygen atoms in total. The highest BCUT2D eigenvalue weighted by molar-refractivity contribution is 6.32. The lowest BCUT2D eigenvalue weighted by atomic mass is 10.2.